The van der Waals surface area contributed by atoms with Crippen molar-refractivity contribution in [2.75, 3.05) is 0 Å². The van der Waals surface area contributed by atoms with Crippen LogP contribution in [0.1, 0.15) is 38.2 Å². The molecular formula is C18H22O2. The molecule has 0 bridgehead atoms. The molecule has 0 fully saturated rings. The second kappa shape index (κ2) is 6.99. The van der Waals surface area contributed by atoms with Crippen molar-refractivity contribution in [2.45, 2.75) is 39.0 Å². The van der Waals surface area contributed by atoms with Crippen molar-refractivity contribution < 1.29 is 10.2 Å². The summed E-state index contributed by atoms with van der Waals surface area (Å²) in [6, 6.07) is 12.8. The van der Waals surface area contributed by atoms with Crippen molar-refractivity contribution in [3.05, 3.63) is 48.0 Å². The van der Waals surface area contributed by atoms with E-state index in [0.29, 0.717) is 5.75 Å². The van der Waals surface area contributed by atoms with Crippen LogP contribution in [0.5, 0.6) is 11.5 Å². The molecule has 0 aromatic heterocycles. The lowest BCUT2D eigenvalue weighted by molar-refractivity contribution is 0.474. The summed E-state index contributed by atoms with van der Waals surface area (Å²) in [6.07, 6.45) is 5.83. The van der Waals surface area contributed by atoms with Gasteiger partial charge in [0, 0.05) is 0 Å². The third-order valence-corrected chi connectivity index (χ3v) is 3.57. The average Bonchev–Trinajstić information content (AvgIpc) is 2.45. The molecule has 0 saturated carbocycles. The molecule has 0 unspecified atom stereocenters. The third kappa shape index (κ3) is 3.77. The van der Waals surface area contributed by atoms with Crippen LogP contribution in [0.15, 0.2) is 42.5 Å². The first-order valence-corrected chi connectivity index (χ1v) is 7.32. The van der Waals surface area contributed by atoms with E-state index in [1.165, 1.54) is 24.8 Å². The van der Waals surface area contributed by atoms with Gasteiger partial charge in [-0.15, -0.1) is 0 Å². The molecule has 2 nitrogen and oxygen atoms in total. The summed E-state index contributed by atoms with van der Waals surface area (Å²) < 4.78 is 0. The standard InChI is InChI=1S/C18H22O2/c1-2-3-4-5-6-15-13-17(20)11-12-18(15)14-7-9-16(19)10-8-14/h7-13,19-20H,2-6H2,1H3. The van der Waals surface area contributed by atoms with Gasteiger partial charge in [0.25, 0.3) is 0 Å². The number of unbranched alkanes of at least 4 members (excludes halogenated alkanes) is 3. The number of aryl methyl sites for hydroxylation is 1. The van der Waals surface area contributed by atoms with E-state index in [-0.39, 0.29) is 5.75 Å². The summed E-state index contributed by atoms with van der Waals surface area (Å²) >= 11 is 0. The maximum Gasteiger partial charge on any atom is 0.115 e. The quantitative estimate of drug-likeness (QED) is 0.734. The van der Waals surface area contributed by atoms with Crippen LogP contribution in [-0.4, -0.2) is 10.2 Å². The molecule has 20 heavy (non-hydrogen) atoms. The monoisotopic (exact) mass is 270 g/mol. The zero-order valence-electron chi connectivity index (χ0n) is 12.0. The topological polar surface area (TPSA) is 40.5 Å². The van der Waals surface area contributed by atoms with E-state index in [0.717, 1.165) is 24.0 Å². The smallest absolute Gasteiger partial charge is 0.115 e. The fraction of sp³-hybridized carbons (Fsp3) is 0.333. The Morgan fingerprint density at radius 3 is 2.20 bits per heavy atom. The average molecular weight is 270 g/mol. The second-order valence-electron chi connectivity index (χ2n) is 5.20. The highest BCUT2D eigenvalue weighted by Gasteiger charge is 2.06. The minimum Gasteiger partial charge on any atom is -0.508 e. The first kappa shape index (κ1) is 14.4. The first-order valence-electron chi connectivity index (χ1n) is 7.32. The third-order valence-electron chi connectivity index (χ3n) is 3.57. The minimum atomic E-state index is 0.275. The normalized spacial score (nSPS) is 10.7. The van der Waals surface area contributed by atoms with Crippen molar-refractivity contribution in [3.63, 3.8) is 0 Å². The highest BCUT2D eigenvalue weighted by atomic mass is 16.3. The maximum absolute atomic E-state index is 9.69. The molecule has 2 heteroatoms. The lowest BCUT2D eigenvalue weighted by atomic mass is 9.95. The van der Waals surface area contributed by atoms with E-state index in [2.05, 4.69) is 6.92 Å². The molecule has 0 spiro atoms. The summed E-state index contributed by atoms with van der Waals surface area (Å²) in [4.78, 5) is 0. The van der Waals surface area contributed by atoms with Crippen LogP contribution >= 0.6 is 0 Å². The van der Waals surface area contributed by atoms with E-state index in [9.17, 15) is 10.2 Å². The van der Waals surface area contributed by atoms with E-state index in [1.807, 2.05) is 24.3 Å². The van der Waals surface area contributed by atoms with Gasteiger partial charge in [-0.2, -0.15) is 0 Å². The summed E-state index contributed by atoms with van der Waals surface area (Å²) in [6.45, 7) is 2.20. The molecule has 0 saturated heterocycles. The summed E-state index contributed by atoms with van der Waals surface area (Å²) in [5.41, 5.74) is 3.39. The van der Waals surface area contributed by atoms with E-state index in [1.54, 1.807) is 18.2 Å². The van der Waals surface area contributed by atoms with Crippen LogP contribution in [0.4, 0.5) is 0 Å². The van der Waals surface area contributed by atoms with Crippen LogP contribution in [0.3, 0.4) is 0 Å². The molecule has 0 heterocycles. The molecule has 0 aliphatic rings. The molecule has 0 radical (unpaired) electrons. The predicted octanol–water partition coefficient (Wildman–Crippen LogP) is 4.89. The number of phenolic OH excluding ortho intramolecular Hbond substituents is 2. The minimum absolute atomic E-state index is 0.275. The zero-order chi connectivity index (χ0) is 14.4. The van der Waals surface area contributed by atoms with E-state index < -0.39 is 0 Å². The number of hydrogen-bond acceptors (Lipinski definition) is 2. The molecule has 106 valence electrons. The SMILES string of the molecule is CCCCCCc1cc(O)ccc1-c1ccc(O)cc1. The highest BCUT2D eigenvalue weighted by molar-refractivity contribution is 5.69. The maximum atomic E-state index is 9.69. The van der Waals surface area contributed by atoms with Crippen molar-refractivity contribution in [1.29, 1.82) is 0 Å². The Kier molecular flexibility index (Phi) is 5.05. The Morgan fingerprint density at radius 1 is 0.800 bits per heavy atom. The Hall–Kier alpha value is -1.96. The van der Waals surface area contributed by atoms with Crippen molar-refractivity contribution in [1.82, 2.24) is 0 Å². The van der Waals surface area contributed by atoms with Gasteiger partial charge in [0.1, 0.15) is 11.5 Å². The molecule has 2 N–H and O–H groups in total. The molecule has 0 aliphatic carbocycles. The van der Waals surface area contributed by atoms with Crippen molar-refractivity contribution in [3.8, 4) is 22.6 Å². The Morgan fingerprint density at radius 2 is 1.50 bits per heavy atom. The Bertz CT molecular complexity index is 544. The van der Waals surface area contributed by atoms with Crippen LogP contribution in [0.25, 0.3) is 11.1 Å². The first-order chi connectivity index (χ1) is 9.70. The van der Waals surface area contributed by atoms with Gasteiger partial charge >= 0.3 is 0 Å². The molecule has 0 atom stereocenters. The Balaban J connectivity index is 2.21. The van der Waals surface area contributed by atoms with E-state index in [4.69, 9.17) is 0 Å². The molecule has 2 rings (SSSR count). The van der Waals surface area contributed by atoms with Gasteiger partial charge in [-0.1, -0.05) is 44.4 Å². The van der Waals surface area contributed by atoms with Crippen molar-refractivity contribution in [2.24, 2.45) is 0 Å². The van der Waals surface area contributed by atoms with Gasteiger partial charge < -0.3 is 10.2 Å². The number of rotatable bonds is 6. The van der Waals surface area contributed by atoms with Gasteiger partial charge in [-0.05, 0) is 53.8 Å². The fourth-order valence-electron chi connectivity index (χ4n) is 2.45. The van der Waals surface area contributed by atoms with Gasteiger partial charge in [0.15, 0.2) is 0 Å². The molecule has 2 aromatic rings. The number of hydrogen-bond donors (Lipinski definition) is 2. The number of phenols is 2. The summed E-state index contributed by atoms with van der Waals surface area (Å²) in [5, 5.41) is 19.1. The zero-order valence-corrected chi connectivity index (χ0v) is 12.0. The number of benzene rings is 2. The molecular weight excluding hydrogens is 248 g/mol. The number of aromatic hydroxyl groups is 2. The van der Waals surface area contributed by atoms with Gasteiger partial charge in [0.2, 0.25) is 0 Å². The van der Waals surface area contributed by atoms with Crippen molar-refractivity contribution >= 4 is 0 Å². The van der Waals surface area contributed by atoms with Gasteiger partial charge in [-0.3, -0.25) is 0 Å². The summed E-state index contributed by atoms with van der Waals surface area (Å²) in [7, 11) is 0. The second-order valence-corrected chi connectivity index (χ2v) is 5.20. The highest BCUT2D eigenvalue weighted by Crippen LogP contribution is 2.29. The van der Waals surface area contributed by atoms with Crippen LogP contribution in [-0.2, 0) is 6.42 Å². The lowest BCUT2D eigenvalue weighted by Gasteiger charge is -2.11. The van der Waals surface area contributed by atoms with E-state index >= 15 is 0 Å². The van der Waals surface area contributed by atoms with Crippen LogP contribution in [0.2, 0.25) is 0 Å². The van der Waals surface area contributed by atoms with Crippen LogP contribution < -0.4 is 0 Å². The summed E-state index contributed by atoms with van der Waals surface area (Å²) in [5.74, 6) is 0.593. The predicted molar refractivity (Wildman–Crippen MR) is 83.1 cm³/mol. The van der Waals surface area contributed by atoms with Crippen LogP contribution in [0, 0.1) is 0 Å². The molecule has 2 aromatic carbocycles. The molecule has 0 aliphatic heterocycles. The largest absolute Gasteiger partial charge is 0.508 e. The lowest BCUT2D eigenvalue weighted by Crippen LogP contribution is -1.91. The van der Waals surface area contributed by atoms with Gasteiger partial charge in [0.05, 0.1) is 0 Å². The fourth-order valence-corrected chi connectivity index (χ4v) is 2.45. The molecule has 0 amide bonds. The Labute approximate surface area is 120 Å². The van der Waals surface area contributed by atoms with Gasteiger partial charge in [-0.25, -0.2) is 0 Å².